The molecule has 2 aliphatic rings. The normalized spacial score (nSPS) is 21.5. The van der Waals surface area contributed by atoms with Crippen LogP contribution in [0.2, 0.25) is 0 Å². The molecule has 6 nitrogen and oxygen atoms in total. The van der Waals surface area contributed by atoms with E-state index in [1.165, 1.54) is 11.8 Å². The maximum Gasteiger partial charge on any atom is 0.250 e. The van der Waals surface area contributed by atoms with Gasteiger partial charge in [0.2, 0.25) is 18.6 Å². The number of carbonyl (C=O) groups is 2. The lowest BCUT2D eigenvalue weighted by Crippen LogP contribution is -2.52. The molecule has 0 aromatic heterocycles. The molecule has 0 radical (unpaired) electrons. The molecule has 0 saturated heterocycles. The van der Waals surface area contributed by atoms with Crippen molar-refractivity contribution in [1.29, 1.82) is 0 Å². The number of fused-ring (bicyclic) bond motifs is 2. The van der Waals surface area contributed by atoms with Crippen molar-refractivity contribution in [2.24, 2.45) is 0 Å². The second-order valence-electron chi connectivity index (χ2n) is 6.39. The van der Waals surface area contributed by atoms with Crippen LogP contribution in [0, 0.1) is 0 Å². The van der Waals surface area contributed by atoms with E-state index in [0.717, 1.165) is 16.1 Å². The van der Waals surface area contributed by atoms with Gasteiger partial charge in [0, 0.05) is 4.90 Å². The first-order chi connectivity index (χ1) is 12.5. The highest BCUT2D eigenvalue weighted by molar-refractivity contribution is 8.02. The van der Waals surface area contributed by atoms with Crippen LogP contribution in [0.25, 0.3) is 0 Å². The molecular formula is C19H18N2O4S. The van der Waals surface area contributed by atoms with Gasteiger partial charge in [0.05, 0.1) is 11.7 Å². The highest BCUT2D eigenvalue weighted by atomic mass is 32.2. The van der Waals surface area contributed by atoms with E-state index < -0.39 is 4.75 Å². The Morgan fingerprint density at radius 2 is 2.00 bits per heavy atom. The summed E-state index contributed by atoms with van der Waals surface area (Å²) in [6, 6.07) is 12.7. The number of hydrogen-bond donors (Lipinski definition) is 2. The number of thioether (sulfide) groups is 1. The van der Waals surface area contributed by atoms with E-state index in [1.54, 1.807) is 6.92 Å². The van der Waals surface area contributed by atoms with Gasteiger partial charge >= 0.3 is 0 Å². The Hall–Kier alpha value is -2.67. The number of amides is 2. The van der Waals surface area contributed by atoms with Crippen LogP contribution in [-0.4, -0.2) is 23.4 Å². The van der Waals surface area contributed by atoms with Crippen LogP contribution in [0.3, 0.4) is 0 Å². The molecule has 4 rings (SSSR count). The fourth-order valence-electron chi connectivity index (χ4n) is 2.92. The van der Waals surface area contributed by atoms with Crippen molar-refractivity contribution < 1.29 is 19.1 Å². The van der Waals surface area contributed by atoms with Crippen LogP contribution >= 0.6 is 11.8 Å². The van der Waals surface area contributed by atoms with Crippen LogP contribution in [0.1, 0.15) is 25.5 Å². The molecule has 2 heterocycles. The molecule has 2 N–H and O–H groups in total. The van der Waals surface area contributed by atoms with Crippen molar-refractivity contribution in [1.82, 2.24) is 5.32 Å². The Morgan fingerprint density at radius 3 is 2.85 bits per heavy atom. The molecule has 2 atom stereocenters. The van der Waals surface area contributed by atoms with E-state index in [1.807, 2.05) is 49.4 Å². The smallest absolute Gasteiger partial charge is 0.250 e. The zero-order valence-corrected chi connectivity index (χ0v) is 15.2. The molecule has 2 aromatic carbocycles. The number of nitrogens with one attached hydrogen (secondary N) is 2. The standard InChI is InChI=1S/C19H18N2O4S/c1-11(12-7-8-14-15(9-12)25-10-24-14)20-17(22)19(2)18(23)21-13-5-3-4-6-16(13)26-19/h3-9,11H,10H2,1-2H3,(H,20,22)(H,21,23). The lowest BCUT2D eigenvalue weighted by Gasteiger charge is -2.32. The molecule has 0 saturated carbocycles. The number of rotatable bonds is 3. The fourth-order valence-corrected chi connectivity index (χ4v) is 4.03. The molecule has 2 aromatic rings. The molecule has 134 valence electrons. The van der Waals surface area contributed by atoms with Crippen molar-refractivity contribution >= 4 is 29.3 Å². The molecule has 0 fully saturated rings. The lowest BCUT2D eigenvalue weighted by molar-refractivity contribution is -0.130. The van der Waals surface area contributed by atoms with E-state index in [2.05, 4.69) is 10.6 Å². The third-order valence-electron chi connectivity index (χ3n) is 4.56. The second-order valence-corrected chi connectivity index (χ2v) is 7.85. The average Bonchev–Trinajstić information content (AvgIpc) is 3.10. The third-order valence-corrected chi connectivity index (χ3v) is 5.92. The summed E-state index contributed by atoms with van der Waals surface area (Å²) in [6.45, 7) is 3.72. The summed E-state index contributed by atoms with van der Waals surface area (Å²) < 4.78 is 9.45. The molecule has 2 aliphatic heterocycles. The highest BCUT2D eigenvalue weighted by Gasteiger charge is 2.46. The molecule has 0 aliphatic carbocycles. The van der Waals surface area contributed by atoms with Gasteiger partial charge in [-0.05, 0) is 43.7 Å². The first-order valence-electron chi connectivity index (χ1n) is 8.27. The lowest BCUT2D eigenvalue weighted by atomic mass is 10.0. The number of carbonyl (C=O) groups excluding carboxylic acids is 2. The van der Waals surface area contributed by atoms with Gasteiger partial charge in [0.15, 0.2) is 16.2 Å². The van der Waals surface area contributed by atoms with Crippen LogP contribution in [-0.2, 0) is 9.59 Å². The predicted octanol–water partition coefficient (Wildman–Crippen LogP) is 3.10. The SMILES string of the molecule is CC(NC(=O)C1(C)Sc2ccccc2NC1=O)c1ccc2c(c1)OCO2. The summed E-state index contributed by atoms with van der Waals surface area (Å²) in [5.41, 5.74) is 1.62. The quantitative estimate of drug-likeness (QED) is 0.812. The maximum absolute atomic E-state index is 12.9. The summed E-state index contributed by atoms with van der Waals surface area (Å²) in [6.07, 6.45) is 0. The van der Waals surface area contributed by atoms with E-state index in [9.17, 15) is 9.59 Å². The van der Waals surface area contributed by atoms with Crippen LogP contribution in [0.5, 0.6) is 11.5 Å². The van der Waals surface area contributed by atoms with Crippen LogP contribution in [0.15, 0.2) is 47.4 Å². The molecule has 2 amide bonds. The van der Waals surface area contributed by atoms with Gasteiger partial charge in [-0.15, -0.1) is 0 Å². The Bertz CT molecular complexity index is 901. The Balaban J connectivity index is 1.53. The number of anilines is 1. The van der Waals surface area contributed by atoms with E-state index in [0.29, 0.717) is 11.5 Å². The number of para-hydroxylation sites is 1. The van der Waals surface area contributed by atoms with Gasteiger partial charge in [-0.2, -0.15) is 0 Å². The van der Waals surface area contributed by atoms with Crippen molar-refractivity contribution in [3.05, 3.63) is 48.0 Å². The minimum absolute atomic E-state index is 0.202. The molecular weight excluding hydrogens is 352 g/mol. The number of ether oxygens (including phenoxy) is 2. The van der Waals surface area contributed by atoms with Crippen molar-refractivity contribution in [2.75, 3.05) is 12.1 Å². The minimum Gasteiger partial charge on any atom is -0.454 e. The molecule has 0 spiro atoms. The zero-order valence-electron chi connectivity index (χ0n) is 14.4. The fraction of sp³-hybridized carbons (Fsp3) is 0.263. The van der Waals surface area contributed by atoms with Crippen molar-refractivity contribution in [3.63, 3.8) is 0 Å². The predicted molar refractivity (Wildman–Crippen MR) is 98.5 cm³/mol. The molecule has 26 heavy (non-hydrogen) atoms. The topological polar surface area (TPSA) is 76.7 Å². The van der Waals surface area contributed by atoms with E-state index in [-0.39, 0.29) is 24.6 Å². The zero-order chi connectivity index (χ0) is 18.3. The Kier molecular flexibility index (Phi) is 4.03. The summed E-state index contributed by atoms with van der Waals surface area (Å²) in [5.74, 6) is 0.697. The summed E-state index contributed by atoms with van der Waals surface area (Å²) in [5, 5.41) is 5.76. The van der Waals surface area contributed by atoms with Gasteiger partial charge in [-0.3, -0.25) is 9.59 Å². The van der Waals surface area contributed by atoms with Crippen molar-refractivity contribution in [2.45, 2.75) is 29.5 Å². The van der Waals surface area contributed by atoms with E-state index in [4.69, 9.17) is 9.47 Å². The van der Waals surface area contributed by atoms with Crippen LogP contribution < -0.4 is 20.1 Å². The Morgan fingerprint density at radius 1 is 1.23 bits per heavy atom. The average molecular weight is 370 g/mol. The van der Waals surface area contributed by atoms with Gasteiger partial charge in [-0.1, -0.05) is 30.0 Å². The monoisotopic (exact) mass is 370 g/mol. The van der Waals surface area contributed by atoms with E-state index >= 15 is 0 Å². The summed E-state index contributed by atoms with van der Waals surface area (Å²) >= 11 is 1.26. The van der Waals surface area contributed by atoms with Gasteiger partial charge in [0.1, 0.15) is 0 Å². The maximum atomic E-state index is 12.9. The number of benzene rings is 2. The molecule has 7 heteroatoms. The number of hydrogen-bond acceptors (Lipinski definition) is 5. The minimum atomic E-state index is -1.24. The van der Waals surface area contributed by atoms with Crippen LogP contribution in [0.4, 0.5) is 5.69 Å². The third kappa shape index (κ3) is 2.78. The summed E-state index contributed by atoms with van der Waals surface area (Å²) in [7, 11) is 0. The second kappa shape index (κ2) is 6.25. The highest BCUT2D eigenvalue weighted by Crippen LogP contribution is 2.42. The van der Waals surface area contributed by atoms with Gasteiger partial charge in [-0.25, -0.2) is 0 Å². The first kappa shape index (κ1) is 16.8. The molecule has 0 bridgehead atoms. The molecule has 2 unspecified atom stereocenters. The summed E-state index contributed by atoms with van der Waals surface area (Å²) in [4.78, 5) is 26.3. The van der Waals surface area contributed by atoms with Crippen molar-refractivity contribution in [3.8, 4) is 11.5 Å². The first-order valence-corrected chi connectivity index (χ1v) is 9.09. The largest absolute Gasteiger partial charge is 0.454 e. The van der Waals surface area contributed by atoms with Gasteiger partial charge < -0.3 is 20.1 Å². The van der Waals surface area contributed by atoms with Gasteiger partial charge in [0.25, 0.3) is 0 Å². The Labute approximate surface area is 155 Å².